The average molecular weight is 332 g/mol. The third-order valence-corrected chi connectivity index (χ3v) is 5.51. The number of carbonyl (C=O) groups excluding carboxylic acids is 1. The van der Waals surface area contributed by atoms with Crippen molar-refractivity contribution in [1.82, 2.24) is 5.01 Å². The topological polar surface area (TPSA) is 41.9 Å². The first kappa shape index (κ1) is 14.7. The van der Waals surface area contributed by atoms with Crippen molar-refractivity contribution in [3.63, 3.8) is 0 Å². The van der Waals surface area contributed by atoms with Gasteiger partial charge in [0.15, 0.2) is 0 Å². The van der Waals surface area contributed by atoms with Gasteiger partial charge in [0.05, 0.1) is 18.2 Å². The van der Waals surface area contributed by atoms with E-state index >= 15 is 0 Å². The van der Waals surface area contributed by atoms with Gasteiger partial charge >= 0.3 is 0 Å². The average Bonchev–Trinajstić information content (AvgIpc) is 3.09. The summed E-state index contributed by atoms with van der Waals surface area (Å²) in [5, 5.41) is 7.06. The van der Waals surface area contributed by atoms with Crippen LogP contribution in [0.3, 0.4) is 0 Å². The molecule has 2 aromatic rings. The Morgan fingerprint density at radius 2 is 1.88 bits per heavy atom. The number of Topliss-reactive ketones (excluding diaryl/α,β-unsaturated/α-hetero) is 1. The fourth-order valence-electron chi connectivity index (χ4n) is 4.36. The molecule has 25 heavy (non-hydrogen) atoms. The number of ether oxygens (including phenoxy) is 1. The summed E-state index contributed by atoms with van der Waals surface area (Å²) in [5.41, 5.74) is 2.76. The minimum atomic E-state index is -0.620. The predicted molar refractivity (Wildman–Crippen MR) is 95.5 cm³/mol. The van der Waals surface area contributed by atoms with Crippen molar-refractivity contribution in [2.45, 2.75) is 43.9 Å². The summed E-state index contributed by atoms with van der Waals surface area (Å²) in [6.07, 6.45) is 3.62. The van der Waals surface area contributed by atoms with Gasteiger partial charge in [0, 0.05) is 24.8 Å². The highest BCUT2D eigenvalue weighted by Gasteiger charge is 2.52. The van der Waals surface area contributed by atoms with Crippen molar-refractivity contribution in [1.29, 1.82) is 0 Å². The SMILES string of the molecule is O=C1CCC[C@]2(C1)Oc1ccccc1[C@H]1CC(c3ccccc3)=NN12. The lowest BCUT2D eigenvalue weighted by molar-refractivity contribution is -0.156. The predicted octanol–water partition coefficient (Wildman–Crippen LogP) is 4.07. The van der Waals surface area contributed by atoms with Crippen molar-refractivity contribution in [3.05, 3.63) is 65.7 Å². The summed E-state index contributed by atoms with van der Waals surface area (Å²) in [7, 11) is 0. The van der Waals surface area contributed by atoms with Gasteiger partial charge in [-0.15, -0.1) is 0 Å². The second-order valence-electron chi connectivity index (χ2n) is 7.13. The summed E-state index contributed by atoms with van der Waals surface area (Å²) in [6.45, 7) is 0. The molecule has 5 rings (SSSR count). The van der Waals surface area contributed by atoms with Crippen LogP contribution in [0.1, 0.15) is 49.3 Å². The number of benzene rings is 2. The van der Waals surface area contributed by atoms with Gasteiger partial charge in [-0.05, 0) is 18.1 Å². The first-order chi connectivity index (χ1) is 12.3. The maximum Gasteiger partial charge on any atom is 0.205 e. The lowest BCUT2D eigenvalue weighted by Crippen LogP contribution is -2.56. The number of nitrogens with zero attached hydrogens (tertiary/aromatic N) is 2. The Morgan fingerprint density at radius 3 is 2.72 bits per heavy atom. The summed E-state index contributed by atoms with van der Waals surface area (Å²) in [4.78, 5) is 12.2. The molecule has 1 spiro atoms. The van der Waals surface area contributed by atoms with Gasteiger partial charge in [-0.1, -0.05) is 48.5 Å². The minimum absolute atomic E-state index is 0.144. The molecule has 126 valence electrons. The van der Waals surface area contributed by atoms with E-state index in [-0.39, 0.29) is 11.8 Å². The van der Waals surface area contributed by atoms with E-state index < -0.39 is 5.72 Å². The quantitative estimate of drug-likeness (QED) is 0.790. The number of hydrazone groups is 1. The molecular formula is C21H20N2O2. The highest BCUT2D eigenvalue weighted by atomic mass is 16.5. The molecule has 2 aromatic carbocycles. The molecule has 4 nitrogen and oxygen atoms in total. The Labute approximate surface area is 147 Å². The van der Waals surface area contributed by atoms with Gasteiger partial charge in [0.2, 0.25) is 5.72 Å². The molecule has 0 N–H and O–H groups in total. The Hall–Kier alpha value is -2.62. The number of fused-ring (bicyclic) bond motifs is 4. The van der Waals surface area contributed by atoms with Crippen molar-refractivity contribution in [3.8, 4) is 5.75 Å². The van der Waals surface area contributed by atoms with Crippen molar-refractivity contribution in [2.24, 2.45) is 5.10 Å². The highest BCUT2D eigenvalue weighted by Crippen LogP contribution is 2.50. The van der Waals surface area contributed by atoms with Gasteiger partial charge in [0.1, 0.15) is 11.5 Å². The Balaban J connectivity index is 1.62. The summed E-state index contributed by atoms with van der Waals surface area (Å²) >= 11 is 0. The van der Waals surface area contributed by atoms with Gasteiger partial charge in [-0.2, -0.15) is 5.10 Å². The Kier molecular flexibility index (Phi) is 3.20. The van der Waals surface area contributed by atoms with Crippen molar-refractivity contribution >= 4 is 11.5 Å². The van der Waals surface area contributed by atoms with Gasteiger partial charge in [-0.25, -0.2) is 5.01 Å². The molecule has 0 bridgehead atoms. The molecular weight excluding hydrogens is 312 g/mol. The van der Waals surface area contributed by atoms with Crippen LogP contribution in [0.15, 0.2) is 59.7 Å². The van der Waals surface area contributed by atoms with Crippen LogP contribution in [0.25, 0.3) is 0 Å². The lowest BCUT2D eigenvalue weighted by atomic mass is 9.86. The van der Waals surface area contributed by atoms with Crippen LogP contribution in [0.4, 0.5) is 0 Å². The summed E-state index contributed by atoms with van der Waals surface area (Å²) in [5.74, 6) is 1.18. The van der Waals surface area contributed by atoms with E-state index in [1.165, 1.54) is 5.56 Å². The second-order valence-corrected chi connectivity index (χ2v) is 7.13. The maximum atomic E-state index is 12.2. The number of hydrogen-bond acceptors (Lipinski definition) is 4. The van der Waals surface area contributed by atoms with Crippen LogP contribution in [0.2, 0.25) is 0 Å². The molecule has 4 heteroatoms. The summed E-state index contributed by atoms with van der Waals surface area (Å²) < 4.78 is 6.43. The Morgan fingerprint density at radius 1 is 1.08 bits per heavy atom. The molecule has 2 aliphatic heterocycles. The standard InChI is InChI=1S/C21H20N2O2/c24-16-9-6-12-21(14-16)23-19(17-10-4-5-11-20(17)25-21)13-18(22-23)15-7-2-1-3-8-15/h1-5,7-8,10-11,19H,6,9,12-14H2/t19-,21-/m1/s1. The van der Waals surface area contributed by atoms with Crippen LogP contribution in [0.5, 0.6) is 5.75 Å². The molecule has 0 aromatic heterocycles. The second kappa shape index (κ2) is 5.45. The van der Waals surface area contributed by atoms with E-state index in [1.807, 2.05) is 36.4 Å². The normalized spacial score (nSPS) is 27.5. The molecule has 3 aliphatic rings. The molecule has 1 saturated carbocycles. The fraction of sp³-hybridized carbons (Fsp3) is 0.333. The zero-order valence-electron chi connectivity index (χ0n) is 14.0. The van der Waals surface area contributed by atoms with E-state index in [0.29, 0.717) is 12.8 Å². The Bertz CT molecular complexity index is 861. The van der Waals surface area contributed by atoms with E-state index in [9.17, 15) is 4.79 Å². The molecule has 1 aliphatic carbocycles. The van der Waals surface area contributed by atoms with Crippen LogP contribution in [-0.4, -0.2) is 22.2 Å². The van der Waals surface area contributed by atoms with Crippen LogP contribution < -0.4 is 4.74 Å². The zero-order chi connectivity index (χ0) is 16.9. The number of ketones is 1. The lowest BCUT2D eigenvalue weighted by Gasteiger charge is -2.49. The minimum Gasteiger partial charge on any atom is -0.466 e. The maximum absolute atomic E-state index is 12.2. The number of rotatable bonds is 1. The molecule has 0 radical (unpaired) electrons. The van der Waals surface area contributed by atoms with Crippen molar-refractivity contribution < 1.29 is 9.53 Å². The number of para-hydroxylation sites is 1. The highest BCUT2D eigenvalue weighted by molar-refractivity contribution is 6.02. The number of hydrogen-bond donors (Lipinski definition) is 0. The first-order valence-electron chi connectivity index (χ1n) is 8.97. The molecule has 2 heterocycles. The molecule has 0 unspecified atom stereocenters. The first-order valence-corrected chi connectivity index (χ1v) is 8.97. The molecule has 2 atom stereocenters. The van der Waals surface area contributed by atoms with Crippen molar-refractivity contribution in [2.75, 3.05) is 0 Å². The fourth-order valence-corrected chi connectivity index (χ4v) is 4.36. The molecule has 0 amide bonds. The van der Waals surface area contributed by atoms with Crippen LogP contribution in [0, 0.1) is 0 Å². The van der Waals surface area contributed by atoms with E-state index in [1.54, 1.807) is 0 Å². The summed E-state index contributed by atoms with van der Waals surface area (Å²) in [6, 6.07) is 18.6. The molecule has 1 fully saturated rings. The van der Waals surface area contributed by atoms with E-state index in [2.05, 4.69) is 23.2 Å². The third-order valence-electron chi connectivity index (χ3n) is 5.51. The van der Waals surface area contributed by atoms with E-state index in [4.69, 9.17) is 9.84 Å². The van der Waals surface area contributed by atoms with Gasteiger partial charge < -0.3 is 4.74 Å². The monoisotopic (exact) mass is 332 g/mol. The van der Waals surface area contributed by atoms with Crippen LogP contribution in [-0.2, 0) is 4.79 Å². The largest absolute Gasteiger partial charge is 0.466 e. The number of carbonyl (C=O) groups is 1. The van der Waals surface area contributed by atoms with Crippen LogP contribution >= 0.6 is 0 Å². The van der Waals surface area contributed by atoms with E-state index in [0.717, 1.165) is 36.3 Å². The van der Waals surface area contributed by atoms with Gasteiger partial charge in [0.25, 0.3) is 0 Å². The third kappa shape index (κ3) is 2.28. The molecule has 0 saturated heterocycles. The smallest absolute Gasteiger partial charge is 0.205 e. The van der Waals surface area contributed by atoms with Gasteiger partial charge in [-0.3, -0.25) is 4.79 Å². The zero-order valence-corrected chi connectivity index (χ0v) is 14.0.